The van der Waals surface area contributed by atoms with Crippen molar-refractivity contribution in [2.24, 2.45) is 0 Å². The highest BCUT2D eigenvalue weighted by atomic mass is 32.2. The topological polar surface area (TPSA) is 116 Å². The van der Waals surface area contributed by atoms with Gasteiger partial charge >= 0.3 is 5.97 Å². The van der Waals surface area contributed by atoms with E-state index in [1.165, 1.54) is 12.1 Å². The zero-order valence-corrected chi connectivity index (χ0v) is 13.4. The van der Waals surface area contributed by atoms with Crippen LogP contribution in [0.25, 0.3) is 0 Å². The van der Waals surface area contributed by atoms with Crippen LogP contribution in [0.15, 0.2) is 53.4 Å². The lowest BCUT2D eigenvalue weighted by molar-refractivity contribution is -0.384. The number of rotatable bonds is 6. The third-order valence-electron chi connectivity index (χ3n) is 3.02. The van der Waals surface area contributed by atoms with Crippen molar-refractivity contribution in [3.05, 3.63) is 64.2 Å². The lowest BCUT2D eigenvalue weighted by Gasteiger charge is -2.11. The van der Waals surface area contributed by atoms with Gasteiger partial charge < -0.3 is 4.74 Å². The summed E-state index contributed by atoms with van der Waals surface area (Å²) in [5, 5.41) is 10.6. The molecular weight excluding hydrogens is 336 g/mol. The zero-order valence-electron chi connectivity index (χ0n) is 12.6. The SMILES string of the molecule is CCOC(=O)c1ccccc1NS(=O)(=O)c1ccc([N+](=O)[O-])cc1. The summed E-state index contributed by atoms with van der Waals surface area (Å²) >= 11 is 0. The van der Waals surface area contributed by atoms with Gasteiger partial charge in [-0.15, -0.1) is 0 Å². The second-order valence-electron chi connectivity index (χ2n) is 4.62. The highest BCUT2D eigenvalue weighted by Crippen LogP contribution is 2.22. The Morgan fingerprint density at radius 3 is 2.38 bits per heavy atom. The molecule has 0 radical (unpaired) electrons. The Balaban J connectivity index is 2.33. The number of ether oxygens (including phenoxy) is 1. The summed E-state index contributed by atoms with van der Waals surface area (Å²) in [5.41, 5.74) is -0.0833. The molecule has 9 heteroatoms. The van der Waals surface area contributed by atoms with Crippen LogP contribution >= 0.6 is 0 Å². The van der Waals surface area contributed by atoms with Gasteiger partial charge in [0.1, 0.15) is 0 Å². The maximum absolute atomic E-state index is 12.4. The van der Waals surface area contributed by atoms with E-state index >= 15 is 0 Å². The van der Waals surface area contributed by atoms with Crippen molar-refractivity contribution >= 4 is 27.4 Å². The molecule has 2 rings (SSSR count). The van der Waals surface area contributed by atoms with Crippen molar-refractivity contribution in [1.82, 2.24) is 0 Å². The Morgan fingerprint density at radius 2 is 1.79 bits per heavy atom. The first kappa shape index (κ1) is 17.4. The monoisotopic (exact) mass is 350 g/mol. The number of hydrogen-bond acceptors (Lipinski definition) is 6. The number of para-hydroxylation sites is 1. The largest absolute Gasteiger partial charge is 0.462 e. The molecule has 2 aromatic carbocycles. The molecule has 0 aliphatic carbocycles. The number of benzene rings is 2. The normalized spacial score (nSPS) is 10.9. The fraction of sp³-hybridized carbons (Fsp3) is 0.133. The van der Waals surface area contributed by atoms with E-state index in [1.54, 1.807) is 19.1 Å². The van der Waals surface area contributed by atoms with Crippen molar-refractivity contribution in [3.8, 4) is 0 Å². The summed E-state index contributed by atoms with van der Waals surface area (Å²) in [6.45, 7) is 1.80. The van der Waals surface area contributed by atoms with Crippen LogP contribution in [-0.4, -0.2) is 25.9 Å². The van der Waals surface area contributed by atoms with Crippen LogP contribution in [0.2, 0.25) is 0 Å². The van der Waals surface area contributed by atoms with Gasteiger partial charge in [0.25, 0.3) is 15.7 Å². The van der Waals surface area contributed by atoms with Crippen LogP contribution in [0.5, 0.6) is 0 Å². The van der Waals surface area contributed by atoms with Gasteiger partial charge in [0.05, 0.1) is 27.7 Å². The van der Waals surface area contributed by atoms with Gasteiger partial charge in [-0.05, 0) is 31.2 Å². The molecule has 0 aromatic heterocycles. The van der Waals surface area contributed by atoms with E-state index < -0.39 is 20.9 Å². The fourth-order valence-corrected chi connectivity index (χ4v) is 2.99. The maximum Gasteiger partial charge on any atom is 0.340 e. The van der Waals surface area contributed by atoms with Crippen LogP contribution in [0.3, 0.4) is 0 Å². The van der Waals surface area contributed by atoms with Gasteiger partial charge in [-0.3, -0.25) is 14.8 Å². The molecule has 0 unspecified atom stereocenters. The van der Waals surface area contributed by atoms with E-state index in [9.17, 15) is 23.3 Å². The van der Waals surface area contributed by atoms with Crippen LogP contribution in [0.4, 0.5) is 11.4 Å². The molecule has 0 spiro atoms. The molecule has 126 valence electrons. The molecule has 0 heterocycles. The number of nitro benzene ring substituents is 1. The first-order valence-corrected chi connectivity index (χ1v) is 8.37. The molecule has 0 amide bonds. The van der Waals surface area contributed by atoms with Crippen molar-refractivity contribution in [3.63, 3.8) is 0 Å². The number of hydrogen-bond donors (Lipinski definition) is 1. The third kappa shape index (κ3) is 3.87. The molecule has 0 atom stereocenters. The van der Waals surface area contributed by atoms with Gasteiger partial charge in [0.2, 0.25) is 0 Å². The summed E-state index contributed by atoms with van der Waals surface area (Å²) < 4.78 is 31.9. The number of carbonyl (C=O) groups excluding carboxylic acids is 1. The van der Waals surface area contributed by atoms with Gasteiger partial charge in [-0.1, -0.05) is 12.1 Å². The number of nitrogens with zero attached hydrogens (tertiary/aromatic N) is 1. The molecular formula is C15H14N2O6S. The quantitative estimate of drug-likeness (QED) is 0.486. The Bertz CT molecular complexity index is 862. The molecule has 8 nitrogen and oxygen atoms in total. The van der Waals surface area contributed by atoms with Crippen LogP contribution < -0.4 is 4.72 Å². The molecule has 0 fully saturated rings. The van der Waals surface area contributed by atoms with Crippen LogP contribution in [0.1, 0.15) is 17.3 Å². The predicted octanol–water partition coefficient (Wildman–Crippen LogP) is 2.57. The fourth-order valence-electron chi connectivity index (χ4n) is 1.91. The van der Waals surface area contributed by atoms with E-state index in [2.05, 4.69) is 4.72 Å². The molecule has 24 heavy (non-hydrogen) atoms. The number of anilines is 1. The first-order valence-electron chi connectivity index (χ1n) is 6.88. The van der Waals surface area contributed by atoms with Crippen molar-refractivity contribution < 1.29 is 22.9 Å². The van der Waals surface area contributed by atoms with Crippen molar-refractivity contribution in [1.29, 1.82) is 0 Å². The molecule has 0 aliphatic heterocycles. The molecule has 1 N–H and O–H groups in total. The molecule has 0 saturated carbocycles. The lowest BCUT2D eigenvalue weighted by Crippen LogP contribution is -2.16. The third-order valence-corrected chi connectivity index (χ3v) is 4.41. The van der Waals surface area contributed by atoms with Crippen LogP contribution in [0, 0.1) is 10.1 Å². The van der Waals surface area contributed by atoms with E-state index in [1.807, 2.05) is 0 Å². The number of nitro groups is 1. The standard InChI is InChI=1S/C15H14N2O6S/c1-2-23-15(18)13-5-3-4-6-14(13)16-24(21,22)12-9-7-11(8-10-12)17(19)20/h3-10,16H,2H2,1H3. The number of nitrogens with one attached hydrogen (secondary N) is 1. The number of esters is 1. The van der Waals surface area contributed by atoms with Crippen molar-refractivity contribution in [2.75, 3.05) is 11.3 Å². The number of carbonyl (C=O) groups is 1. The van der Waals surface area contributed by atoms with Crippen molar-refractivity contribution in [2.45, 2.75) is 11.8 Å². The number of non-ortho nitro benzene ring substituents is 1. The van der Waals surface area contributed by atoms with Gasteiger partial charge in [-0.2, -0.15) is 0 Å². The Kier molecular flexibility index (Phi) is 5.14. The smallest absolute Gasteiger partial charge is 0.340 e. The first-order chi connectivity index (χ1) is 11.3. The van der Waals surface area contributed by atoms with Gasteiger partial charge in [0.15, 0.2) is 0 Å². The predicted molar refractivity (Wildman–Crippen MR) is 86.3 cm³/mol. The van der Waals surface area contributed by atoms with Gasteiger partial charge in [0, 0.05) is 12.1 Å². The summed E-state index contributed by atoms with van der Waals surface area (Å²) in [7, 11) is -4.01. The Morgan fingerprint density at radius 1 is 1.17 bits per heavy atom. The molecule has 2 aromatic rings. The average molecular weight is 350 g/mol. The second-order valence-corrected chi connectivity index (χ2v) is 6.30. The Labute approximate surface area is 138 Å². The minimum absolute atomic E-state index is 0.0642. The van der Waals surface area contributed by atoms with E-state index in [0.717, 1.165) is 24.3 Å². The molecule has 0 aliphatic rings. The molecule has 0 saturated heterocycles. The minimum atomic E-state index is -4.01. The summed E-state index contributed by atoms with van der Waals surface area (Å²) in [4.78, 5) is 21.7. The number of sulfonamides is 1. The minimum Gasteiger partial charge on any atom is -0.462 e. The highest BCUT2D eigenvalue weighted by Gasteiger charge is 2.20. The highest BCUT2D eigenvalue weighted by molar-refractivity contribution is 7.92. The lowest BCUT2D eigenvalue weighted by atomic mass is 10.2. The summed E-state index contributed by atoms with van der Waals surface area (Å²) in [6.07, 6.45) is 0. The zero-order chi connectivity index (χ0) is 17.7. The van der Waals surface area contributed by atoms with E-state index in [0.29, 0.717) is 0 Å². The van der Waals surface area contributed by atoms with E-state index in [4.69, 9.17) is 4.74 Å². The van der Waals surface area contributed by atoms with Gasteiger partial charge in [-0.25, -0.2) is 13.2 Å². The van der Waals surface area contributed by atoms with E-state index in [-0.39, 0.29) is 28.4 Å². The second kappa shape index (κ2) is 7.09. The summed E-state index contributed by atoms with van der Waals surface area (Å²) in [6, 6.07) is 10.4. The average Bonchev–Trinajstić information content (AvgIpc) is 2.55. The Hall–Kier alpha value is -2.94. The van der Waals surface area contributed by atoms with Crippen LogP contribution in [-0.2, 0) is 14.8 Å². The maximum atomic E-state index is 12.4. The molecule has 0 bridgehead atoms. The summed E-state index contributed by atoms with van der Waals surface area (Å²) in [5.74, 6) is -0.653.